The Morgan fingerprint density at radius 1 is 0.400 bits per heavy atom. The Bertz CT molecular complexity index is 496. The molecule has 0 fully saturated rings. The number of hydrogen-bond acceptors (Lipinski definition) is 13. The molecule has 0 spiro atoms. The van der Waals surface area contributed by atoms with Crippen molar-refractivity contribution in [3.8, 4) is 0 Å². The second-order valence-corrected chi connectivity index (χ2v) is 7.76. The Labute approximate surface area is 238 Å². The van der Waals surface area contributed by atoms with E-state index in [0.29, 0.717) is 152 Å². The molecule has 0 unspecified atom stereocenters. The number of rotatable bonds is 35. The zero-order chi connectivity index (χ0) is 29.0. The Morgan fingerprint density at radius 3 is 0.800 bits per heavy atom. The van der Waals surface area contributed by atoms with Gasteiger partial charge in [0.2, 0.25) is 0 Å². The molecule has 4 N–H and O–H groups in total. The summed E-state index contributed by atoms with van der Waals surface area (Å²) in [6, 6.07) is 0. The van der Waals surface area contributed by atoms with Gasteiger partial charge in [-0.25, -0.2) is 4.79 Å². The molecule has 40 heavy (non-hydrogen) atoms. The molecule has 15 nitrogen and oxygen atoms in total. The minimum absolute atomic E-state index is 0.258. The first-order valence-electron chi connectivity index (χ1n) is 13.8. The summed E-state index contributed by atoms with van der Waals surface area (Å²) < 4.78 is 59.1. The van der Waals surface area contributed by atoms with Crippen LogP contribution in [0.2, 0.25) is 0 Å². The summed E-state index contributed by atoms with van der Waals surface area (Å²) >= 11 is 0. The summed E-state index contributed by atoms with van der Waals surface area (Å²) in [6.45, 7) is 11.5. The third-order valence-corrected chi connectivity index (χ3v) is 4.50. The molecule has 0 bridgehead atoms. The van der Waals surface area contributed by atoms with Crippen LogP contribution in [0.4, 0.5) is 4.79 Å². The van der Waals surface area contributed by atoms with E-state index in [4.69, 9.17) is 62.9 Å². The van der Waals surface area contributed by atoms with Gasteiger partial charge < -0.3 is 68.3 Å². The minimum atomic E-state index is -1.06. The van der Waals surface area contributed by atoms with E-state index in [9.17, 15) is 4.79 Å². The van der Waals surface area contributed by atoms with Gasteiger partial charge in [-0.2, -0.15) is 0 Å². The molecule has 0 saturated heterocycles. The van der Waals surface area contributed by atoms with Gasteiger partial charge in [0.05, 0.1) is 145 Å². The molecule has 15 heteroatoms. The lowest BCUT2D eigenvalue weighted by atomic mass is 10.6. The summed E-state index contributed by atoms with van der Waals surface area (Å²) in [5.74, 6) is 0. The van der Waals surface area contributed by atoms with Crippen molar-refractivity contribution >= 4 is 6.09 Å². The zero-order valence-electron chi connectivity index (χ0n) is 23.9. The highest BCUT2D eigenvalue weighted by Gasteiger charge is 1.97. The number of nitrogens with two attached hydrogens (primary N) is 1. The van der Waals surface area contributed by atoms with Crippen molar-refractivity contribution in [1.82, 2.24) is 5.32 Å². The Kier molecular flexibility index (Phi) is 34.7. The van der Waals surface area contributed by atoms with Gasteiger partial charge in [-0.05, 0) is 0 Å². The molecule has 0 aliphatic carbocycles. The second-order valence-electron chi connectivity index (χ2n) is 7.76. The summed E-state index contributed by atoms with van der Waals surface area (Å²) in [5, 5.41) is 10.6. The third-order valence-electron chi connectivity index (χ3n) is 4.50. The zero-order valence-corrected chi connectivity index (χ0v) is 23.9. The first kappa shape index (κ1) is 38.8. The maximum Gasteiger partial charge on any atom is 0.404 e. The molecule has 1 amide bonds. The first-order chi connectivity index (χ1) is 19.8. The van der Waals surface area contributed by atoms with E-state index in [1.165, 1.54) is 0 Å². The van der Waals surface area contributed by atoms with E-state index >= 15 is 0 Å². The van der Waals surface area contributed by atoms with Crippen molar-refractivity contribution < 1.29 is 62.0 Å². The molecule has 0 radical (unpaired) electrons. The van der Waals surface area contributed by atoms with Gasteiger partial charge in [-0.3, -0.25) is 0 Å². The highest BCUT2D eigenvalue weighted by atomic mass is 16.6. The average Bonchev–Trinajstić information content (AvgIpc) is 2.95. The van der Waals surface area contributed by atoms with Gasteiger partial charge in [-0.1, -0.05) is 0 Å². The van der Waals surface area contributed by atoms with E-state index < -0.39 is 6.09 Å². The van der Waals surface area contributed by atoms with Gasteiger partial charge in [0.15, 0.2) is 0 Å². The quantitative estimate of drug-likeness (QED) is 0.0799. The summed E-state index contributed by atoms with van der Waals surface area (Å²) in [4.78, 5) is 10.2. The largest absolute Gasteiger partial charge is 0.465 e. The topological polar surface area (TPSA) is 177 Å². The first-order valence-corrected chi connectivity index (χ1v) is 13.8. The van der Waals surface area contributed by atoms with Crippen LogP contribution in [0, 0.1) is 0 Å². The van der Waals surface area contributed by atoms with Crippen molar-refractivity contribution in [2.75, 3.05) is 158 Å². The molecule has 0 atom stereocenters. The van der Waals surface area contributed by atoms with Crippen LogP contribution in [0.3, 0.4) is 0 Å². The fourth-order valence-electron chi connectivity index (χ4n) is 2.61. The highest BCUT2D eigenvalue weighted by Crippen LogP contribution is 1.87. The number of amides is 1. The van der Waals surface area contributed by atoms with Crippen LogP contribution in [0.5, 0.6) is 0 Å². The van der Waals surface area contributed by atoms with E-state index in [1.807, 2.05) is 0 Å². The fourth-order valence-corrected chi connectivity index (χ4v) is 2.61. The highest BCUT2D eigenvalue weighted by molar-refractivity contribution is 5.64. The molecule has 240 valence electrons. The predicted octanol–water partition coefficient (Wildman–Crippen LogP) is -0.605. The second kappa shape index (κ2) is 35.8. The molecule has 0 saturated carbocycles. The summed E-state index contributed by atoms with van der Waals surface area (Å²) in [7, 11) is 0. The van der Waals surface area contributed by atoms with E-state index in [2.05, 4.69) is 5.32 Å². The number of ether oxygens (including phenoxy) is 11. The number of hydrogen-bond donors (Lipinski definition) is 3. The lowest BCUT2D eigenvalue weighted by molar-refractivity contribution is -0.0274. The van der Waals surface area contributed by atoms with Crippen LogP contribution in [0.1, 0.15) is 0 Å². The normalized spacial score (nSPS) is 11.3. The Morgan fingerprint density at radius 2 is 0.600 bits per heavy atom. The van der Waals surface area contributed by atoms with Gasteiger partial charge in [0, 0.05) is 13.1 Å². The van der Waals surface area contributed by atoms with Crippen molar-refractivity contribution in [3.63, 3.8) is 0 Å². The van der Waals surface area contributed by atoms with Gasteiger partial charge in [0.1, 0.15) is 0 Å². The monoisotopic (exact) mass is 588 g/mol. The lowest BCUT2D eigenvalue weighted by Crippen LogP contribution is -2.25. The van der Waals surface area contributed by atoms with Crippen molar-refractivity contribution in [3.05, 3.63) is 0 Å². The number of nitrogens with one attached hydrogen (secondary N) is 1. The summed E-state index contributed by atoms with van der Waals surface area (Å²) in [6.07, 6.45) is -1.06. The van der Waals surface area contributed by atoms with Crippen LogP contribution < -0.4 is 11.1 Å². The minimum Gasteiger partial charge on any atom is -0.465 e. The molecule has 0 aromatic carbocycles. The summed E-state index contributed by atoms with van der Waals surface area (Å²) in [5.41, 5.74) is 5.32. The van der Waals surface area contributed by atoms with Crippen molar-refractivity contribution in [2.45, 2.75) is 0 Å². The standard InChI is InChI=1S/C25H52N2O13/c26-1-3-30-5-7-32-9-11-34-13-15-36-17-19-38-21-23-40-24-22-39-20-18-37-16-14-35-12-10-33-8-6-31-4-2-27-25(28)29/h27H,1-24,26H2,(H,28,29). The predicted molar refractivity (Wildman–Crippen MR) is 144 cm³/mol. The smallest absolute Gasteiger partial charge is 0.404 e. The molecule has 0 heterocycles. The Balaban J connectivity index is 3.03. The van der Waals surface area contributed by atoms with Gasteiger partial charge >= 0.3 is 6.09 Å². The molecule has 0 aromatic heterocycles. The number of carboxylic acid groups (broad SMARTS) is 1. The third kappa shape index (κ3) is 36.8. The van der Waals surface area contributed by atoms with Gasteiger partial charge in [0.25, 0.3) is 0 Å². The molecular formula is C25H52N2O13. The van der Waals surface area contributed by atoms with Crippen LogP contribution >= 0.6 is 0 Å². The molecule has 0 aliphatic heterocycles. The maximum absolute atomic E-state index is 10.2. The molecule has 0 aromatic rings. The molecule has 0 aliphatic rings. The van der Waals surface area contributed by atoms with E-state index in [-0.39, 0.29) is 6.54 Å². The van der Waals surface area contributed by atoms with Crippen LogP contribution in [0.25, 0.3) is 0 Å². The van der Waals surface area contributed by atoms with Crippen LogP contribution in [-0.4, -0.2) is 170 Å². The SMILES string of the molecule is NCCOCCOCCOCCOCCOCCOCCOCCOCCOCCOCCOCCNC(=O)O. The number of carbonyl (C=O) groups is 1. The lowest BCUT2D eigenvalue weighted by Gasteiger charge is -2.09. The average molecular weight is 589 g/mol. The molecule has 0 rings (SSSR count). The fraction of sp³-hybridized carbons (Fsp3) is 0.960. The van der Waals surface area contributed by atoms with Crippen molar-refractivity contribution in [1.29, 1.82) is 0 Å². The van der Waals surface area contributed by atoms with E-state index in [0.717, 1.165) is 0 Å². The van der Waals surface area contributed by atoms with Crippen LogP contribution in [0.15, 0.2) is 0 Å². The van der Waals surface area contributed by atoms with Gasteiger partial charge in [-0.15, -0.1) is 0 Å². The van der Waals surface area contributed by atoms with Crippen molar-refractivity contribution in [2.24, 2.45) is 5.73 Å². The Hall–Kier alpha value is -1.21. The molecular weight excluding hydrogens is 536 g/mol. The van der Waals surface area contributed by atoms with Crippen LogP contribution in [-0.2, 0) is 52.1 Å². The van der Waals surface area contributed by atoms with E-state index in [1.54, 1.807) is 0 Å². The maximum atomic E-state index is 10.2.